The van der Waals surface area contributed by atoms with Gasteiger partial charge in [-0.25, -0.2) is 4.39 Å². The quantitative estimate of drug-likeness (QED) is 0.618. The van der Waals surface area contributed by atoms with Crippen molar-refractivity contribution in [3.05, 3.63) is 45.5 Å². The van der Waals surface area contributed by atoms with Crippen molar-refractivity contribution in [2.45, 2.75) is 6.92 Å². The van der Waals surface area contributed by atoms with E-state index in [4.69, 9.17) is 4.42 Å². The third-order valence-electron chi connectivity index (χ3n) is 2.15. The Morgan fingerprint density at radius 3 is 2.62 bits per heavy atom. The first-order valence-electron chi connectivity index (χ1n) is 4.64. The lowest BCUT2D eigenvalue weighted by atomic mass is 10.2. The number of hydrogen-bond donors (Lipinski definition) is 0. The first-order valence-corrected chi connectivity index (χ1v) is 5.72. The van der Waals surface area contributed by atoms with Crippen LogP contribution in [0.2, 0.25) is 0 Å². The van der Waals surface area contributed by atoms with Gasteiger partial charge in [0.25, 0.3) is 0 Å². The molecule has 0 unspecified atom stereocenters. The Morgan fingerprint density at radius 2 is 2.06 bits per heavy atom. The van der Waals surface area contributed by atoms with Crippen molar-refractivity contribution in [2.75, 3.05) is 0 Å². The van der Waals surface area contributed by atoms with Crippen LogP contribution < -0.4 is 0 Å². The Balaban J connectivity index is 2.46. The molecule has 0 aliphatic heterocycles. The average molecular weight is 330 g/mol. The summed E-state index contributed by atoms with van der Waals surface area (Å²) in [5.74, 6) is 0.486. The van der Waals surface area contributed by atoms with Gasteiger partial charge in [0, 0.05) is 16.1 Å². The van der Waals surface area contributed by atoms with E-state index in [1.807, 2.05) is 22.6 Å². The van der Waals surface area contributed by atoms with Crippen molar-refractivity contribution in [3.63, 3.8) is 0 Å². The van der Waals surface area contributed by atoms with Crippen molar-refractivity contribution in [1.82, 2.24) is 0 Å². The summed E-state index contributed by atoms with van der Waals surface area (Å²) < 4.78 is 19.0. The molecular formula is C12H8FIO2. The van der Waals surface area contributed by atoms with Gasteiger partial charge in [0.15, 0.2) is 11.5 Å². The number of benzene rings is 1. The van der Waals surface area contributed by atoms with E-state index in [1.165, 1.54) is 19.1 Å². The second-order valence-electron chi connectivity index (χ2n) is 3.34. The smallest absolute Gasteiger partial charge is 0.194 e. The minimum Gasteiger partial charge on any atom is -0.453 e. The third-order valence-corrected chi connectivity index (χ3v) is 3.04. The molecule has 0 aliphatic rings. The molecule has 0 amide bonds. The Bertz CT molecular complexity index is 546. The number of rotatable bonds is 2. The van der Waals surface area contributed by atoms with Crippen LogP contribution >= 0.6 is 22.6 Å². The number of halogens is 2. The number of furan rings is 1. The second-order valence-corrected chi connectivity index (χ2v) is 4.51. The first-order chi connectivity index (χ1) is 7.58. The maximum absolute atomic E-state index is 12.9. The molecule has 1 aromatic heterocycles. The van der Waals surface area contributed by atoms with E-state index in [0.29, 0.717) is 11.5 Å². The molecule has 1 heterocycles. The topological polar surface area (TPSA) is 30.2 Å². The predicted molar refractivity (Wildman–Crippen MR) is 66.8 cm³/mol. The average Bonchev–Trinajstić information content (AvgIpc) is 2.66. The van der Waals surface area contributed by atoms with E-state index >= 15 is 0 Å². The summed E-state index contributed by atoms with van der Waals surface area (Å²) in [7, 11) is 0. The van der Waals surface area contributed by atoms with Gasteiger partial charge in [-0.05, 0) is 52.9 Å². The van der Waals surface area contributed by atoms with Crippen LogP contribution in [0.4, 0.5) is 4.39 Å². The normalized spacial score (nSPS) is 10.4. The van der Waals surface area contributed by atoms with E-state index in [9.17, 15) is 9.18 Å². The Morgan fingerprint density at radius 1 is 1.31 bits per heavy atom. The van der Waals surface area contributed by atoms with Gasteiger partial charge in [-0.15, -0.1) is 0 Å². The molecule has 1 aromatic carbocycles. The number of hydrogen-bond acceptors (Lipinski definition) is 2. The van der Waals surface area contributed by atoms with Crippen LogP contribution in [0.15, 0.2) is 34.7 Å². The van der Waals surface area contributed by atoms with Crippen LogP contribution in [0.25, 0.3) is 11.3 Å². The van der Waals surface area contributed by atoms with Gasteiger partial charge in [0.2, 0.25) is 0 Å². The fourth-order valence-corrected chi connectivity index (χ4v) is 2.10. The number of ketones is 1. The summed E-state index contributed by atoms with van der Waals surface area (Å²) in [6, 6.07) is 7.77. The molecule has 2 aromatic rings. The van der Waals surface area contributed by atoms with Crippen LogP contribution in [0.1, 0.15) is 17.5 Å². The van der Waals surface area contributed by atoms with Gasteiger partial charge >= 0.3 is 0 Å². The Kier molecular flexibility index (Phi) is 3.09. The van der Waals surface area contributed by atoms with Crippen LogP contribution in [0, 0.1) is 9.39 Å². The molecule has 0 aliphatic carbocycles. The molecule has 4 heteroatoms. The predicted octanol–water partition coefficient (Wildman–Crippen LogP) is 3.89. The summed E-state index contributed by atoms with van der Waals surface area (Å²) in [6.07, 6.45) is 0. The highest BCUT2D eigenvalue weighted by molar-refractivity contribution is 14.1. The van der Waals surface area contributed by atoms with Crippen molar-refractivity contribution < 1.29 is 13.6 Å². The molecule has 0 fully saturated rings. The van der Waals surface area contributed by atoms with Crippen LogP contribution in [-0.4, -0.2) is 5.78 Å². The van der Waals surface area contributed by atoms with Crippen LogP contribution in [-0.2, 0) is 0 Å². The van der Waals surface area contributed by atoms with E-state index < -0.39 is 0 Å². The van der Waals surface area contributed by atoms with Gasteiger partial charge in [0.1, 0.15) is 11.6 Å². The first kappa shape index (κ1) is 11.3. The molecular weight excluding hydrogens is 322 g/mol. The summed E-state index contributed by atoms with van der Waals surface area (Å²) in [6.45, 7) is 1.44. The molecule has 0 bridgehead atoms. The maximum Gasteiger partial charge on any atom is 0.194 e. The summed E-state index contributed by atoms with van der Waals surface area (Å²) >= 11 is 2.03. The zero-order valence-corrected chi connectivity index (χ0v) is 10.6. The molecule has 16 heavy (non-hydrogen) atoms. The van der Waals surface area contributed by atoms with Crippen LogP contribution in [0.5, 0.6) is 0 Å². The van der Waals surface area contributed by atoms with E-state index in [-0.39, 0.29) is 11.6 Å². The minimum absolute atomic E-state index is 0.122. The summed E-state index contributed by atoms with van der Waals surface area (Å²) in [5.41, 5.74) is 0.787. The maximum atomic E-state index is 12.9. The summed E-state index contributed by atoms with van der Waals surface area (Å²) in [4.78, 5) is 11.1. The Labute approximate surface area is 106 Å². The van der Waals surface area contributed by atoms with Gasteiger partial charge in [-0.3, -0.25) is 4.79 Å². The van der Waals surface area contributed by atoms with E-state index in [1.54, 1.807) is 18.2 Å². The minimum atomic E-state index is -0.286. The standard InChI is InChI=1S/C12H8FIO2/c1-7(15)11-4-5-12(16-11)9-3-2-8(13)6-10(9)14/h2-6H,1H3. The van der Waals surface area contributed by atoms with Crippen molar-refractivity contribution in [1.29, 1.82) is 0 Å². The highest BCUT2D eigenvalue weighted by Gasteiger charge is 2.10. The lowest BCUT2D eigenvalue weighted by Gasteiger charge is -2.00. The number of carbonyl (C=O) groups excluding carboxylic acids is 1. The van der Waals surface area contributed by atoms with Crippen molar-refractivity contribution in [2.24, 2.45) is 0 Å². The molecule has 0 saturated carbocycles. The lowest BCUT2D eigenvalue weighted by molar-refractivity contribution is 0.0988. The van der Waals surface area contributed by atoms with Gasteiger partial charge in [-0.1, -0.05) is 0 Å². The van der Waals surface area contributed by atoms with E-state index in [0.717, 1.165) is 9.13 Å². The fourth-order valence-electron chi connectivity index (χ4n) is 1.36. The largest absolute Gasteiger partial charge is 0.453 e. The molecule has 0 spiro atoms. The third kappa shape index (κ3) is 2.16. The molecule has 0 saturated heterocycles. The molecule has 0 radical (unpaired) electrons. The SMILES string of the molecule is CC(=O)c1ccc(-c2ccc(F)cc2I)o1. The van der Waals surface area contributed by atoms with Crippen molar-refractivity contribution >= 4 is 28.4 Å². The molecule has 2 rings (SSSR count). The van der Waals surface area contributed by atoms with E-state index in [2.05, 4.69) is 0 Å². The van der Waals surface area contributed by atoms with Crippen LogP contribution in [0.3, 0.4) is 0 Å². The monoisotopic (exact) mass is 330 g/mol. The number of carbonyl (C=O) groups is 1. The summed E-state index contributed by atoms with van der Waals surface area (Å²) in [5, 5.41) is 0. The van der Waals surface area contributed by atoms with Gasteiger partial charge in [-0.2, -0.15) is 0 Å². The highest BCUT2D eigenvalue weighted by Crippen LogP contribution is 2.27. The van der Waals surface area contributed by atoms with Gasteiger partial charge in [0.05, 0.1) is 0 Å². The Hall–Kier alpha value is -1.17. The molecule has 2 nitrogen and oxygen atoms in total. The fraction of sp³-hybridized carbons (Fsp3) is 0.0833. The molecule has 82 valence electrons. The molecule has 0 N–H and O–H groups in total. The number of Topliss-reactive ketones (excluding diaryl/α,β-unsaturated/α-hetero) is 1. The lowest BCUT2D eigenvalue weighted by Crippen LogP contribution is -1.87. The molecule has 0 atom stereocenters. The zero-order valence-electron chi connectivity index (χ0n) is 8.46. The zero-order chi connectivity index (χ0) is 11.7. The second kappa shape index (κ2) is 4.37. The van der Waals surface area contributed by atoms with Crippen molar-refractivity contribution in [3.8, 4) is 11.3 Å². The highest BCUT2D eigenvalue weighted by atomic mass is 127. The van der Waals surface area contributed by atoms with Gasteiger partial charge < -0.3 is 4.42 Å².